The number of amidine groups is 2. The number of carbonyl (C=O) groups excluding carboxylic acids is 1. The highest BCUT2D eigenvalue weighted by atomic mass is 35.5. The number of benzene rings is 2. The first-order chi connectivity index (χ1) is 13.3. The summed E-state index contributed by atoms with van der Waals surface area (Å²) in [5, 5.41) is 9.38. The molecule has 0 aromatic heterocycles. The second-order valence-corrected chi connectivity index (χ2v) is 7.24. The molecule has 0 bridgehead atoms. The smallest absolute Gasteiger partial charge is 0.256 e. The standard InChI is InChI=1S/C20H20Cl2N4O2/c1-12-18(23)26(19(24)13-5-3-6-14(21)11-13)10-9-25(12)20(27)15-7-4-8-16(28-2)17(15)22/h3-8,11-12,23-24H,9-10H2,1-2H3/p+1/t12-/m0/s1. The number of piperazine rings is 1. The minimum atomic E-state index is -0.471. The summed E-state index contributed by atoms with van der Waals surface area (Å²) in [4.78, 5) is 14.7. The van der Waals surface area contributed by atoms with Gasteiger partial charge in [-0.3, -0.25) is 4.79 Å². The molecule has 0 spiro atoms. The second-order valence-electron chi connectivity index (χ2n) is 6.43. The largest absolute Gasteiger partial charge is 0.495 e. The van der Waals surface area contributed by atoms with Crippen LogP contribution >= 0.6 is 23.2 Å². The molecule has 1 aliphatic heterocycles. The van der Waals surface area contributed by atoms with Crippen molar-refractivity contribution in [2.24, 2.45) is 5.73 Å². The van der Waals surface area contributed by atoms with Gasteiger partial charge in [-0.2, -0.15) is 5.41 Å². The minimum absolute atomic E-state index is 0.232. The maximum Gasteiger partial charge on any atom is 0.256 e. The quantitative estimate of drug-likeness (QED) is 0.591. The number of carbonyl (C=O) groups is 1. The van der Waals surface area contributed by atoms with Gasteiger partial charge in [0.15, 0.2) is 0 Å². The summed E-state index contributed by atoms with van der Waals surface area (Å²) in [5.41, 5.74) is 7.37. The van der Waals surface area contributed by atoms with Gasteiger partial charge in [0.2, 0.25) is 5.84 Å². The van der Waals surface area contributed by atoms with Crippen LogP contribution in [0.1, 0.15) is 22.8 Å². The van der Waals surface area contributed by atoms with Gasteiger partial charge in [0.1, 0.15) is 11.8 Å². The van der Waals surface area contributed by atoms with Crippen molar-refractivity contribution in [1.29, 1.82) is 5.41 Å². The van der Waals surface area contributed by atoms with Gasteiger partial charge in [-0.25, -0.2) is 4.58 Å². The molecule has 6 nitrogen and oxygen atoms in total. The van der Waals surface area contributed by atoms with E-state index in [2.05, 4.69) is 0 Å². The number of rotatable bonds is 3. The van der Waals surface area contributed by atoms with E-state index < -0.39 is 6.04 Å². The molecule has 28 heavy (non-hydrogen) atoms. The summed E-state index contributed by atoms with van der Waals surface area (Å²) in [6.45, 7) is 2.59. The van der Waals surface area contributed by atoms with Crippen molar-refractivity contribution in [3.05, 3.63) is 63.6 Å². The van der Waals surface area contributed by atoms with Crippen LogP contribution in [0.2, 0.25) is 10.0 Å². The van der Waals surface area contributed by atoms with E-state index in [4.69, 9.17) is 39.1 Å². The summed E-state index contributed by atoms with van der Waals surface area (Å²) in [7, 11) is 1.50. The number of hydrogen-bond donors (Lipinski definition) is 2. The number of amides is 1. The van der Waals surface area contributed by atoms with Crippen molar-refractivity contribution < 1.29 is 14.1 Å². The van der Waals surface area contributed by atoms with E-state index in [1.807, 2.05) is 12.1 Å². The molecule has 0 aliphatic carbocycles. The Kier molecular flexibility index (Phi) is 5.91. The highest BCUT2D eigenvalue weighted by molar-refractivity contribution is 6.35. The van der Waals surface area contributed by atoms with Gasteiger partial charge in [-0.05, 0) is 37.3 Å². The van der Waals surface area contributed by atoms with Crippen molar-refractivity contribution in [2.75, 3.05) is 20.2 Å². The molecule has 1 saturated heterocycles. The number of ether oxygens (including phenoxy) is 1. The number of methoxy groups -OCH3 is 1. The zero-order valence-electron chi connectivity index (χ0n) is 15.6. The van der Waals surface area contributed by atoms with Gasteiger partial charge >= 0.3 is 0 Å². The Morgan fingerprint density at radius 1 is 1.29 bits per heavy atom. The molecule has 1 aliphatic rings. The molecule has 2 aromatic rings. The van der Waals surface area contributed by atoms with Crippen LogP contribution in [0.15, 0.2) is 42.5 Å². The fourth-order valence-corrected chi connectivity index (χ4v) is 3.69. The van der Waals surface area contributed by atoms with E-state index in [9.17, 15) is 4.79 Å². The van der Waals surface area contributed by atoms with Crippen LogP contribution in [0.4, 0.5) is 0 Å². The van der Waals surface area contributed by atoms with Gasteiger partial charge in [0.05, 0.1) is 30.8 Å². The molecule has 2 aromatic carbocycles. The van der Waals surface area contributed by atoms with Gasteiger partial charge in [0, 0.05) is 10.6 Å². The van der Waals surface area contributed by atoms with Crippen LogP contribution in [0.3, 0.4) is 0 Å². The minimum Gasteiger partial charge on any atom is -0.495 e. The number of halogens is 2. The molecule has 1 heterocycles. The van der Waals surface area contributed by atoms with Gasteiger partial charge in [-0.1, -0.05) is 35.3 Å². The van der Waals surface area contributed by atoms with E-state index in [0.717, 1.165) is 5.56 Å². The molecular weight excluding hydrogens is 399 g/mol. The van der Waals surface area contributed by atoms with Crippen molar-refractivity contribution >= 4 is 40.8 Å². The summed E-state index contributed by atoms with van der Waals surface area (Å²) in [6, 6.07) is 11.8. The number of hydrogen-bond acceptors (Lipinski definition) is 3. The van der Waals surface area contributed by atoms with Crippen LogP contribution in [0.25, 0.3) is 0 Å². The molecule has 0 unspecified atom stereocenters. The lowest BCUT2D eigenvalue weighted by Gasteiger charge is -2.34. The van der Waals surface area contributed by atoms with Crippen LogP contribution in [-0.2, 0) is 0 Å². The Hall–Kier alpha value is -2.57. The third kappa shape index (κ3) is 3.70. The number of nitrogens with zero attached hydrogens (tertiary/aromatic N) is 2. The summed E-state index contributed by atoms with van der Waals surface area (Å²) < 4.78 is 6.90. The topological polar surface area (TPSA) is 82.4 Å². The number of nitrogens with one attached hydrogen (secondary N) is 1. The van der Waals surface area contributed by atoms with E-state index in [1.165, 1.54) is 7.11 Å². The molecule has 0 saturated carbocycles. The predicted octanol–water partition coefficient (Wildman–Crippen LogP) is 3.24. The fraction of sp³-hybridized carbons (Fsp3) is 0.250. The monoisotopic (exact) mass is 419 g/mol. The lowest BCUT2D eigenvalue weighted by molar-refractivity contribution is -0.425. The van der Waals surface area contributed by atoms with Crippen LogP contribution < -0.4 is 10.5 Å². The van der Waals surface area contributed by atoms with Gasteiger partial charge in [-0.15, -0.1) is 0 Å². The van der Waals surface area contributed by atoms with E-state index in [0.29, 0.717) is 35.3 Å². The van der Waals surface area contributed by atoms with Crippen molar-refractivity contribution in [1.82, 2.24) is 4.90 Å². The van der Waals surface area contributed by atoms with E-state index >= 15 is 0 Å². The van der Waals surface area contributed by atoms with Crippen LogP contribution in [-0.4, -0.2) is 53.3 Å². The third-order valence-corrected chi connectivity index (χ3v) is 5.43. The molecule has 1 amide bonds. The normalized spacial score (nSPS) is 18.8. The molecule has 3 N–H and O–H groups in total. The third-order valence-electron chi connectivity index (χ3n) is 4.80. The first-order valence-corrected chi connectivity index (χ1v) is 9.48. The predicted molar refractivity (Wildman–Crippen MR) is 111 cm³/mol. The fourth-order valence-electron chi connectivity index (χ4n) is 3.21. The molecule has 8 heteroatoms. The van der Waals surface area contributed by atoms with Gasteiger partial charge in [0.25, 0.3) is 11.7 Å². The van der Waals surface area contributed by atoms with Crippen LogP contribution in [0.5, 0.6) is 5.75 Å². The summed E-state index contributed by atoms with van der Waals surface area (Å²) in [5.74, 6) is 0.858. The van der Waals surface area contributed by atoms with Gasteiger partial charge < -0.3 is 15.4 Å². The highest BCUT2D eigenvalue weighted by Gasteiger charge is 2.36. The van der Waals surface area contributed by atoms with Crippen molar-refractivity contribution in [2.45, 2.75) is 13.0 Å². The van der Waals surface area contributed by atoms with Crippen LogP contribution in [0, 0.1) is 5.41 Å². The van der Waals surface area contributed by atoms with Crippen molar-refractivity contribution in [3.63, 3.8) is 0 Å². The maximum atomic E-state index is 13.1. The Morgan fingerprint density at radius 3 is 2.68 bits per heavy atom. The first-order valence-electron chi connectivity index (χ1n) is 8.73. The lowest BCUT2D eigenvalue weighted by atomic mass is 10.1. The maximum absolute atomic E-state index is 13.1. The lowest BCUT2D eigenvalue weighted by Crippen LogP contribution is -2.56. The molecule has 3 rings (SSSR count). The Labute approximate surface area is 173 Å². The Morgan fingerprint density at radius 2 is 2.00 bits per heavy atom. The average Bonchev–Trinajstić information content (AvgIpc) is 2.69. The summed E-state index contributed by atoms with van der Waals surface area (Å²) >= 11 is 12.4. The molecule has 146 valence electrons. The van der Waals surface area contributed by atoms with Crippen molar-refractivity contribution in [3.8, 4) is 5.75 Å². The molecular formula is C20H21Cl2N4O2+. The Balaban J connectivity index is 1.89. The molecule has 1 fully saturated rings. The average molecular weight is 420 g/mol. The number of nitrogens with two attached hydrogens (primary N) is 1. The highest BCUT2D eigenvalue weighted by Crippen LogP contribution is 2.29. The molecule has 1 atom stereocenters. The van der Waals surface area contributed by atoms with E-state index in [-0.39, 0.29) is 16.8 Å². The first kappa shape index (κ1) is 20.2. The zero-order valence-corrected chi connectivity index (χ0v) is 17.1. The SMILES string of the molecule is COc1cccc(C(=O)N2CC/[N+](=C(/N)c3cccc(Cl)c3)C(=N)[C@@H]2C)c1Cl. The zero-order chi connectivity index (χ0) is 20.4. The molecule has 0 radical (unpaired) electrons. The summed E-state index contributed by atoms with van der Waals surface area (Å²) in [6.07, 6.45) is 0. The Bertz CT molecular complexity index is 974. The second kappa shape index (κ2) is 8.20. The van der Waals surface area contributed by atoms with E-state index in [1.54, 1.807) is 46.7 Å².